The summed E-state index contributed by atoms with van der Waals surface area (Å²) in [6.45, 7) is 12.5. The van der Waals surface area contributed by atoms with E-state index >= 15 is 0 Å². The topological polar surface area (TPSA) is 40.5 Å². The molecule has 0 atom stereocenters. The Hall–Kier alpha value is -2.29. The third-order valence-corrected chi connectivity index (χ3v) is 4.46. The number of carbonyl (C=O) groups is 1. The lowest BCUT2D eigenvalue weighted by Gasteiger charge is -2.28. The molecular weight excluding hydrogens is 310 g/mol. The van der Waals surface area contributed by atoms with Crippen LogP contribution in [0.1, 0.15) is 63.0 Å². The Morgan fingerprint density at radius 2 is 1.48 bits per heavy atom. The van der Waals surface area contributed by atoms with Gasteiger partial charge < -0.3 is 10.0 Å². The smallest absolute Gasteiger partial charge is 0.261 e. The molecule has 1 N–H and O–H groups in total. The first kappa shape index (κ1) is 19.0. The standard InChI is InChI=1S/C22H29NO2/c1-21(2,3)15-13-17(19(24)18(14-15)22(4,5)6)20(25)23(7)16-11-9-8-10-12-16/h8-14,24H,1-7H3. The fourth-order valence-electron chi connectivity index (χ4n) is 2.75. The van der Waals surface area contributed by atoms with E-state index in [1.54, 1.807) is 11.9 Å². The number of rotatable bonds is 2. The normalized spacial score (nSPS) is 12.1. The Bertz CT molecular complexity index is 765. The zero-order chi connectivity index (χ0) is 19.0. The van der Waals surface area contributed by atoms with E-state index in [-0.39, 0.29) is 22.5 Å². The summed E-state index contributed by atoms with van der Waals surface area (Å²) in [5.74, 6) is -0.131. The molecule has 0 aliphatic carbocycles. The Balaban J connectivity index is 2.62. The van der Waals surface area contributed by atoms with E-state index in [1.165, 1.54) is 0 Å². The van der Waals surface area contributed by atoms with Gasteiger partial charge in [-0.2, -0.15) is 0 Å². The minimum absolute atomic E-state index is 0.0771. The Labute approximate surface area is 151 Å². The van der Waals surface area contributed by atoms with Crippen LogP contribution in [0.15, 0.2) is 42.5 Å². The Morgan fingerprint density at radius 1 is 0.920 bits per heavy atom. The van der Waals surface area contributed by atoms with Gasteiger partial charge in [0.25, 0.3) is 5.91 Å². The Kier molecular flexibility index (Phi) is 4.99. The second-order valence-corrected chi connectivity index (χ2v) is 8.62. The number of phenols is 1. The number of benzene rings is 2. The molecule has 0 aromatic heterocycles. The second-order valence-electron chi connectivity index (χ2n) is 8.62. The van der Waals surface area contributed by atoms with E-state index in [1.807, 2.05) is 63.2 Å². The summed E-state index contributed by atoms with van der Waals surface area (Å²) in [5.41, 5.74) is 2.61. The van der Waals surface area contributed by atoms with Gasteiger partial charge in [-0.25, -0.2) is 0 Å². The molecule has 1 amide bonds. The lowest BCUT2D eigenvalue weighted by molar-refractivity contribution is 0.0990. The molecule has 0 unspecified atom stereocenters. The molecule has 0 spiro atoms. The minimum atomic E-state index is -0.258. The fourth-order valence-corrected chi connectivity index (χ4v) is 2.75. The molecule has 0 radical (unpaired) electrons. The predicted molar refractivity (Wildman–Crippen MR) is 105 cm³/mol. The minimum Gasteiger partial charge on any atom is -0.507 e. The molecule has 134 valence electrons. The van der Waals surface area contributed by atoms with Gasteiger partial charge in [0, 0.05) is 18.3 Å². The van der Waals surface area contributed by atoms with Crippen LogP contribution in [0.3, 0.4) is 0 Å². The first-order chi connectivity index (χ1) is 11.4. The van der Waals surface area contributed by atoms with Crippen LogP contribution in [0.4, 0.5) is 5.69 Å². The van der Waals surface area contributed by atoms with Gasteiger partial charge in [0.05, 0.1) is 5.56 Å². The van der Waals surface area contributed by atoms with Gasteiger partial charge in [-0.05, 0) is 34.6 Å². The average Bonchev–Trinajstić information content (AvgIpc) is 2.52. The summed E-state index contributed by atoms with van der Waals surface area (Å²) in [4.78, 5) is 14.7. The molecule has 0 fully saturated rings. The Morgan fingerprint density at radius 3 is 1.96 bits per heavy atom. The van der Waals surface area contributed by atoms with Crippen molar-refractivity contribution < 1.29 is 9.90 Å². The summed E-state index contributed by atoms with van der Waals surface area (Å²) < 4.78 is 0. The summed E-state index contributed by atoms with van der Waals surface area (Å²) >= 11 is 0. The van der Waals surface area contributed by atoms with Crippen molar-refractivity contribution in [3.8, 4) is 5.75 Å². The van der Waals surface area contributed by atoms with Gasteiger partial charge in [0.1, 0.15) is 5.75 Å². The number of phenolic OH excluding ortho intramolecular Hbond substituents is 1. The van der Waals surface area contributed by atoms with Gasteiger partial charge in [0.15, 0.2) is 0 Å². The van der Waals surface area contributed by atoms with Crippen LogP contribution in [0.5, 0.6) is 5.75 Å². The van der Waals surface area contributed by atoms with Crippen molar-refractivity contribution in [3.63, 3.8) is 0 Å². The number of nitrogens with zero attached hydrogens (tertiary/aromatic N) is 1. The number of anilines is 1. The van der Waals surface area contributed by atoms with E-state index in [4.69, 9.17) is 0 Å². The molecule has 0 bridgehead atoms. The SMILES string of the molecule is CN(C(=O)c1cc(C(C)(C)C)cc(C(C)(C)C)c1O)c1ccccc1. The van der Waals surface area contributed by atoms with Crippen LogP contribution in [-0.2, 0) is 10.8 Å². The lowest BCUT2D eigenvalue weighted by Crippen LogP contribution is -2.28. The van der Waals surface area contributed by atoms with Gasteiger partial charge in [-0.15, -0.1) is 0 Å². The molecule has 0 heterocycles. The summed E-state index contributed by atoms with van der Waals surface area (Å²) in [6, 6.07) is 13.3. The highest BCUT2D eigenvalue weighted by Crippen LogP contribution is 2.38. The van der Waals surface area contributed by atoms with Gasteiger partial charge in [-0.3, -0.25) is 4.79 Å². The predicted octanol–water partition coefficient (Wildman–Crippen LogP) is 5.26. The summed E-state index contributed by atoms with van der Waals surface area (Å²) in [6.07, 6.45) is 0. The second kappa shape index (κ2) is 6.55. The quantitative estimate of drug-likeness (QED) is 0.810. The van der Waals surface area contributed by atoms with Crippen molar-refractivity contribution in [2.45, 2.75) is 52.4 Å². The highest BCUT2D eigenvalue weighted by molar-refractivity contribution is 6.08. The molecule has 3 nitrogen and oxygen atoms in total. The number of hydrogen-bond donors (Lipinski definition) is 1. The summed E-state index contributed by atoms with van der Waals surface area (Å²) in [7, 11) is 1.73. The highest BCUT2D eigenvalue weighted by Gasteiger charge is 2.28. The summed E-state index contributed by atoms with van der Waals surface area (Å²) in [5, 5.41) is 10.8. The van der Waals surface area contributed by atoms with Crippen LogP contribution in [-0.4, -0.2) is 18.1 Å². The molecule has 2 aromatic rings. The molecule has 0 saturated heterocycles. The van der Waals surface area contributed by atoms with Crippen molar-refractivity contribution in [1.82, 2.24) is 0 Å². The fraction of sp³-hybridized carbons (Fsp3) is 0.409. The number of carbonyl (C=O) groups excluding carboxylic acids is 1. The van der Waals surface area contributed by atoms with Crippen molar-refractivity contribution in [2.24, 2.45) is 0 Å². The molecule has 25 heavy (non-hydrogen) atoms. The third kappa shape index (κ3) is 4.04. The first-order valence-corrected chi connectivity index (χ1v) is 8.64. The van der Waals surface area contributed by atoms with E-state index in [0.717, 1.165) is 16.8 Å². The third-order valence-electron chi connectivity index (χ3n) is 4.46. The van der Waals surface area contributed by atoms with E-state index < -0.39 is 0 Å². The van der Waals surface area contributed by atoms with Gasteiger partial charge >= 0.3 is 0 Å². The van der Waals surface area contributed by atoms with Crippen LogP contribution in [0, 0.1) is 0 Å². The molecular formula is C22H29NO2. The number of aromatic hydroxyl groups is 1. The van der Waals surface area contributed by atoms with Crippen molar-refractivity contribution in [1.29, 1.82) is 0 Å². The van der Waals surface area contributed by atoms with Crippen LogP contribution < -0.4 is 4.90 Å². The zero-order valence-electron chi connectivity index (χ0n) is 16.3. The number of para-hydroxylation sites is 1. The van der Waals surface area contributed by atoms with E-state index in [0.29, 0.717) is 5.56 Å². The molecule has 2 rings (SSSR count). The maximum Gasteiger partial charge on any atom is 0.261 e. The zero-order valence-corrected chi connectivity index (χ0v) is 16.3. The van der Waals surface area contributed by atoms with E-state index in [2.05, 4.69) is 20.8 Å². The molecule has 0 saturated carbocycles. The van der Waals surface area contributed by atoms with Gasteiger partial charge in [-0.1, -0.05) is 65.8 Å². The molecule has 0 aliphatic rings. The maximum absolute atomic E-state index is 13.1. The first-order valence-electron chi connectivity index (χ1n) is 8.64. The number of hydrogen-bond acceptors (Lipinski definition) is 2. The van der Waals surface area contributed by atoms with Crippen LogP contribution >= 0.6 is 0 Å². The average molecular weight is 339 g/mol. The molecule has 3 heteroatoms. The monoisotopic (exact) mass is 339 g/mol. The van der Waals surface area contributed by atoms with Crippen LogP contribution in [0.2, 0.25) is 0 Å². The van der Waals surface area contributed by atoms with Crippen molar-refractivity contribution in [2.75, 3.05) is 11.9 Å². The largest absolute Gasteiger partial charge is 0.507 e. The van der Waals surface area contributed by atoms with E-state index in [9.17, 15) is 9.90 Å². The lowest BCUT2D eigenvalue weighted by atomic mass is 9.78. The maximum atomic E-state index is 13.1. The molecule has 2 aromatic carbocycles. The molecule has 0 aliphatic heterocycles. The van der Waals surface area contributed by atoms with Crippen molar-refractivity contribution in [3.05, 3.63) is 59.2 Å². The highest BCUT2D eigenvalue weighted by atomic mass is 16.3. The number of amides is 1. The van der Waals surface area contributed by atoms with Crippen LogP contribution in [0.25, 0.3) is 0 Å². The van der Waals surface area contributed by atoms with Gasteiger partial charge in [0.2, 0.25) is 0 Å². The van der Waals surface area contributed by atoms with Crippen molar-refractivity contribution >= 4 is 11.6 Å².